The molecule has 1 amide bonds. The molecule has 9 heteroatoms. The largest absolute Gasteiger partial charge is 0.394 e. The number of hydrogen-bond acceptors (Lipinski definition) is 8. The van der Waals surface area contributed by atoms with Crippen LogP contribution in [0.1, 0.15) is 174 Å². The summed E-state index contributed by atoms with van der Waals surface area (Å²) in [5, 5.41) is 54.0. The zero-order valence-electron chi connectivity index (χ0n) is 33.1. The average Bonchev–Trinajstić information content (AvgIpc) is 3.14. The number of carbonyl (C=O) groups excluding carboxylic acids is 1. The van der Waals surface area contributed by atoms with E-state index in [0.29, 0.717) is 6.42 Å². The molecule has 2 unspecified atom stereocenters. The third-order valence-electron chi connectivity index (χ3n) is 9.94. The predicted molar refractivity (Wildman–Crippen MR) is 212 cm³/mol. The molecule has 0 aromatic rings. The maximum atomic E-state index is 12.9. The van der Waals surface area contributed by atoms with E-state index in [4.69, 9.17) is 9.47 Å². The summed E-state index contributed by atoms with van der Waals surface area (Å²) >= 11 is 0. The van der Waals surface area contributed by atoms with E-state index in [0.717, 1.165) is 57.8 Å². The Morgan fingerprint density at radius 3 is 1.63 bits per heavy atom. The lowest BCUT2D eigenvalue weighted by Gasteiger charge is -2.40. The van der Waals surface area contributed by atoms with Gasteiger partial charge in [0.1, 0.15) is 24.4 Å². The second-order valence-corrected chi connectivity index (χ2v) is 14.8. The summed E-state index contributed by atoms with van der Waals surface area (Å²) in [5.41, 5.74) is 0. The third kappa shape index (κ3) is 24.7. The van der Waals surface area contributed by atoms with Crippen molar-refractivity contribution < 1.29 is 39.8 Å². The Morgan fingerprint density at radius 2 is 1.10 bits per heavy atom. The van der Waals surface area contributed by atoms with E-state index in [1.54, 1.807) is 6.08 Å². The number of allylic oxidation sites excluding steroid dienone is 5. The first-order chi connectivity index (χ1) is 25.3. The topological polar surface area (TPSA) is 149 Å². The fourth-order valence-electron chi connectivity index (χ4n) is 6.46. The molecular formula is C43H79NO8. The number of carbonyl (C=O) groups is 1. The van der Waals surface area contributed by atoms with Gasteiger partial charge in [0.15, 0.2) is 6.29 Å². The van der Waals surface area contributed by atoms with E-state index in [9.17, 15) is 30.3 Å². The first-order valence-corrected chi connectivity index (χ1v) is 21.2. The van der Waals surface area contributed by atoms with Crippen LogP contribution in [0.5, 0.6) is 0 Å². The van der Waals surface area contributed by atoms with Crippen molar-refractivity contribution in [3.63, 3.8) is 0 Å². The number of aliphatic hydroxyl groups is 5. The van der Waals surface area contributed by atoms with E-state index < -0.39 is 49.5 Å². The molecule has 9 nitrogen and oxygen atoms in total. The maximum absolute atomic E-state index is 12.9. The van der Waals surface area contributed by atoms with Crippen LogP contribution in [-0.4, -0.2) is 87.5 Å². The molecule has 0 saturated carbocycles. The van der Waals surface area contributed by atoms with E-state index >= 15 is 0 Å². The van der Waals surface area contributed by atoms with Gasteiger partial charge in [0.25, 0.3) is 0 Å². The molecule has 0 radical (unpaired) electrons. The molecule has 1 saturated heterocycles. The van der Waals surface area contributed by atoms with Crippen molar-refractivity contribution in [1.82, 2.24) is 5.32 Å². The molecule has 1 heterocycles. The van der Waals surface area contributed by atoms with Crippen LogP contribution >= 0.6 is 0 Å². The standard InChI is InChI=1S/C43H79NO8/c1-3-5-7-9-11-13-15-17-18-19-21-22-24-26-28-30-32-37(46)36(35-51-43-42(50)41(49)40(48)38(34-45)52-43)44-39(47)33-31-29-27-25-23-20-16-14-12-10-8-6-4-2/h14,16,22,24,30,32,36-38,40-43,45-46,48-50H,3-13,15,17-21,23,25-29,31,33-35H2,1-2H3,(H,44,47)/b16-14+,24-22+,32-30+/t36-,37+,38+,40+,41?,42?,43+/m0/s1. The molecule has 7 atom stereocenters. The van der Waals surface area contributed by atoms with E-state index in [1.165, 1.54) is 96.3 Å². The molecular weight excluding hydrogens is 658 g/mol. The SMILES string of the molecule is CCCCCC/C=C/CCCCCCCC(=O)N[C@@H](CO[C@@H]1O[C@H](CO)[C@@H](O)C(O)C1O)[C@H](O)/C=C/CC/C=C/CCCCCCCCCCCC. The summed E-state index contributed by atoms with van der Waals surface area (Å²) < 4.78 is 11.2. The summed E-state index contributed by atoms with van der Waals surface area (Å²) in [6.45, 7) is 3.71. The summed E-state index contributed by atoms with van der Waals surface area (Å²) in [6, 6.07) is -0.822. The minimum Gasteiger partial charge on any atom is -0.394 e. The van der Waals surface area contributed by atoms with Gasteiger partial charge >= 0.3 is 0 Å². The first-order valence-electron chi connectivity index (χ1n) is 21.2. The van der Waals surface area contributed by atoms with Crippen molar-refractivity contribution in [1.29, 1.82) is 0 Å². The Bertz CT molecular complexity index is 910. The molecule has 0 bridgehead atoms. The van der Waals surface area contributed by atoms with Crippen LogP contribution in [0, 0.1) is 0 Å². The van der Waals surface area contributed by atoms with Crippen LogP contribution in [0.4, 0.5) is 0 Å². The van der Waals surface area contributed by atoms with E-state index in [1.807, 2.05) is 6.08 Å². The van der Waals surface area contributed by atoms with Crippen LogP contribution in [0.15, 0.2) is 36.5 Å². The monoisotopic (exact) mass is 738 g/mol. The van der Waals surface area contributed by atoms with Gasteiger partial charge in [0, 0.05) is 6.42 Å². The molecule has 1 rings (SSSR count). The Balaban J connectivity index is 2.45. The van der Waals surface area contributed by atoms with Crippen molar-refractivity contribution in [3.8, 4) is 0 Å². The highest BCUT2D eigenvalue weighted by molar-refractivity contribution is 5.76. The van der Waals surface area contributed by atoms with Gasteiger partial charge in [-0.25, -0.2) is 0 Å². The van der Waals surface area contributed by atoms with Crippen LogP contribution in [-0.2, 0) is 14.3 Å². The van der Waals surface area contributed by atoms with Gasteiger partial charge < -0.3 is 40.3 Å². The lowest BCUT2D eigenvalue weighted by Crippen LogP contribution is -2.60. The van der Waals surface area contributed by atoms with E-state index in [-0.39, 0.29) is 12.5 Å². The lowest BCUT2D eigenvalue weighted by molar-refractivity contribution is -0.302. The number of hydrogen-bond donors (Lipinski definition) is 6. The van der Waals surface area contributed by atoms with Crippen molar-refractivity contribution in [2.45, 2.75) is 217 Å². The zero-order chi connectivity index (χ0) is 38.1. The number of unbranched alkanes of at least 4 members (excludes halogenated alkanes) is 20. The highest BCUT2D eigenvalue weighted by Crippen LogP contribution is 2.22. The minimum atomic E-state index is -1.57. The number of ether oxygens (including phenoxy) is 2. The zero-order valence-corrected chi connectivity index (χ0v) is 33.1. The van der Waals surface area contributed by atoms with Crippen molar-refractivity contribution in [2.24, 2.45) is 0 Å². The summed E-state index contributed by atoms with van der Waals surface area (Å²) in [7, 11) is 0. The Hall–Kier alpha value is -1.59. The number of amides is 1. The average molecular weight is 738 g/mol. The first kappa shape index (κ1) is 48.4. The summed E-state index contributed by atoms with van der Waals surface area (Å²) in [5.74, 6) is -0.198. The second kappa shape index (κ2) is 33.9. The molecule has 0 spiro atoms. The second-order valence-electron chi connectivity index (χ2n) is 14.8. The lowest BCUT2D eigenvalue weighted by atomic mass is 9.99. The van der Waals surface area contributed by atoms with Crippen molar-refractivity contribution in [2.75, 3.05) is 13.2 Å². The number of aliphatic hydroxyl groups excluding tert-OH is 5. The predicted octanol–water partition coefficient (Wildman–Crippen LogP) is 8.11. The molecule has 0 aliphatic carbocycles. The van der Waals surface area contributed by atoms with Gasteiger partial charge in [-0.15, -0.1) is 0 Å². The van der Waals surface area contributed by atoms with Crippen LogP contribution in [0.25, 0.3) is 0 Å². The summed E-state index contributed by atoms with van der Waals surface area (Å²) in [4.78, 5) is 12.9. The minimum absolute atomic E-state index is 0.198. The molecule has 304 valence electrons. The van der Waals surface area contributed by atoms with Gasteiger partial charge in [-0.2, -0.15) is 0 Å². The molecule has 1 fully saturated rings. The highest BCUT2D eigenvalue weighted by atomic mass is 16.7. The Morgan fingerprint density at radius 1 is 0.635 bits per heavy atom. The third-order valence-corrected chi connectivity index (χ3v) is 9.94. The van der Waals surface area contributed by atoms with Gasteiger partial charge in [0.05, 0.1) is 25.4 Å². The molecule has 1 aliphatic rings. The van der Waals surface area contributed by atoms with Crippen molar-refractivity contribution >= 4 is 5.91 Å². The maximum Gasteiger partial charge on any atom is 0.220 e. The van der Waals surface area contributed by atoms with Crippen molar-refractivity contribution in [3.05, 3.63) is 36.5 Å². The van der Waals surface area contributed by atoms with Crippen LogP contribution in [0.3, 0.4) is 0 Å². The smallest absolute Gasteiger partial charge is 0.220 e. The fraction of sp³-hybridized carbons (Fsp3) is 0.837. The molecule has 6 N–H and O–H groups in total. The van der Waals surface area contributed by atoms with Crippen LogP contribution < -0.4 is 5.32 Å². The Kier molecular flexibility index (Phi) is 31.6. The Labute approximate surface area is 317 Å². The van der Waals surface area contributed by atoms with Gasteiger partial charge in [-0.1, -0.05) is 147 Å². The fourth-order valence-corrected chi connectivity index (χ4v) is 6.46. The highest BCUT2D eigenvalue weighted by Gasteiger charge is 2.44. The quantitative estimate of drug-likeness (QED) is 0.0287. The molecule has 52 heavy (non-hydrogen) atoms. The normalized spacial score (nSPS) is 22.2. The molecule has 0 aromatic carbocycles. The van der Waals surface area contributed by atoms with Crippen LogP contribution in [0.2, 0.25) is 0 Å². The molecule has 0 aromatic heterocycles. The van der Waals surface area contributed by atoms with Gasteiger partial charge in [0.2, 0.25) is 5.91 Å². The van der Waals surface area contributed by atoms with E-state index in [2.05, 4.69) is 43.5 Å². The number of rotatable bonds is 34. The molecule has 1 aliphatic heterocycles. The van der Waals surface area contributed by atoms with Gasteiger partial charge in [-0.3, -0.25) is 4.79 Å². The summed E-state index contributed by atoms with van der Waals surface area (Å²) in [6.07, 6.45) is 33.3. The van der Waals surface area contributed by atoms with Gasteiger partial charge in [-0.05, 0) is 57.8 Å². The number of nitrogens with one attached hydrogen (secondary N) is 1.